The number of hydrogen-bond acceptors (Lipinski definition) is 5. The first-order chi connectivity index (χ1) is 13.4. The van der Waals surface area contributed by atoms with Crippen molar-refractivity contribution in [3.63, 3.8) is 0 Å². The van der Waals surface area contributed by atoms with E-state index in [4.69, 9.17) is 21.1 Å². The topological polar surface area (TPSA) is 102 Å². The van der Waals surface area contributed by atoms with Crippen LogP contribution in [0.5, 0.6) is 11.5 Å². The van der Waals surface area contributed by atoms with Crippen LogP contribution in [0.1, 0.15) is 10.4 Å². The van der Waals surface area contributed by atoms with Crippen LogP contribution in [0.25, 0.3) is 5.69 Å². The summed E-state index contributed by atoms with van der Waals surface area (Å²) in [6, 6.07) is 10.9. The van der Waals surface area contributed by atoms with Crippen molar-refractivity contribution in [2.45, 2.75) is 0 Å². The minimum Gasteiger partial charge on any atom is -0.497 e. The van der Waals surface area contributed by atoms with Crippen molar-refractivity contribution in [2.24, 2.45) is 0 Å². The lowest BCUT2D eigenvalue weighted by Gasteiger charge is -2.12. The van der Waals surface area contributed by atoms with E-state index in [9.17, 15) is 14.4 Å². The van der Waals surface area contributed by atoms with E-state index in [1.165, 1.54) is 38.5 Å². The third-order valence-electron chi connectivity index (χ3n) is 3.96. The maximum Gasteiger partial charge on any atom is 0.333 e. The number of aromatic nitrogens is 2. The van der Waals surface area contributed by atoms with Crippen molar-refractivity contribution in [3.8, 4) is 17.2 Å². The predicted molar refractivity (Wildman–Crippen MR) is 105 cm³/mol. The van der Waals surface area contributed by atoms with Gasteiger partial charge in [0.25, 0.3) is 11.5 Å². The second kappa shape index (κ2) is 8.01. The molecule has 1 aromatic heterocycles. The Bertz CT molecular complexity index is 1140. The van der Waals surface area contributed by atoms with Gasteiger partial charge in [-0.05, 0) is 36.4 Å². The minimum atomic E-state index is -0.768. The normalized spacial score (nSPS) is 10.4. The molecule has 0 aliphatic rings. The Kier molecular flexibility index (Phi) is 5.51. The van der Waals surface area contributed by atoms with Gasteiger partial charge >= 0.3 is 5.69 Å². The number of anilines is 1. The quantitative estimate of drug-likeness (QED) is 0.683. The molecule has 9 heteroatoms. The van der Waals surface area contributed by atoms with Crippen LogP contribution < -0.4 is 26.0 Å². The molecule has 0 spiro atoms. The summed E-state index contributed by atoms with van der Waals surface area (Å²) in [6.45, 7) is 0. The first-order valence-electron chi connectivity index (χ1n) is 8.08. The molecule has 1 amide bonds. The molecule has 0 atom stereocenters. The molecule has 0 bridgehead atoms. The first-order valence-corrected chi connectivity index (χ1v) is 8.46. The summed E-state index contributed by atoms with van der Waals surface area (Å²) in [7, 11) is 2.95. The monoisotopic (exact) mass is 401 g/mol. The van der Waals surface area contributed by atoms with E-state index in [1.807, 2.05) is 0 Å². The Hall–Kier alpha value is -3.52. The highest BCUT2D eigenvalue weighted by atomic mass is 35.5. The maximum atomic E-state index is 12.8. The molecular formula is C19H16ClN3O5. The van der Waals surface area contributed by atoms with Gasteiger partial charge in [0, 0.05) is 17.3 Å². The second-order valence-electron chi connectivity index (χ2n) is 5.64. The molecule has 0 radical (unpaired) electrons. The van der Waals surface area contributed by atoms with Crippen LogP contribution in [0.4, 0.5) is 5.69 Å². The largest absolute Gasteiger partial charge is 0.497 e. The molecular weight excluding hydrogens is 386 g/mol. The summed E-state index contributed by atoms with van der Waals surface area (Å²) >= 11 is 5.84. The van der Waals surface area contributed by atoms with E-state index >= 15 is 0 Å². The molecule has 1 heterocycles. The van der Waals surface area contributed by atoms with Crippen LogP contribution in [0.15, 0.2) is 58.3 Å². The number of nitrogens with one attached hydrogen (secondary N) is 2. The van der Waals surface area contributed by atoms with Gasteiger partial charge in [0.15, 0.2) is 0 Å². The van der Waals surface area contributed by atoms with Crippen molar-refractivity contribution >= 4 is 23.2 Å². The highest BCUT2D eigenvalue weighted by Gasteiger charge is 2.17. The van der Waals surface area contributed by atoms with Crippen molar-refractivity contribution in [1.82, 2.24) is 9.55 Å². The molecule has 0 aliphatic carbocycles. The van der Waals surface area contributed by atoms with Gasteiger partial charge in [0.05, 0.1) is 25.6 Å². The molecule has 0 aliphatic heterocycles. The van der Waals surface area contributed by atoms with Crippen LogP contribution >= 0.6 is 11.6 Å². The molecule has 28 heavy (non-hydrogen) atoms. The lowest BCUT2D eigenvalue weighted by Crippen LogP contribution is -2.38. The lowest BCUT2D eigenvalue weighted by molar-refractivity contribution is 0.102. The average molecular weight is 402 g/mol. The predicted octanol–water partition coefficient (Wildman–Crippen LogP) is 2.45. The third-order valence-corrected chi connectivity index (χ3v) is 4.21. The molecule has 0 saturated heterocycles. The Labute approximate surface area is 164 Å². The van der Waals surface area contributed by atoms with Crippen molar-refractivity contribution in [2.75, 3.05) is 19.5 Å². The minimum absolute atomic E-state index is 0.243. The summed E-state index contributed by atoms with van der Waals surface area (Å²) in [5, 5.41) is 3.05. The van der Waals surface area contributed by atoms with Crippen LogP contribution in [-0.2, 0) is 0 Å². The Balaban J connectivity index is 2.00. The van der Waals surface area contributed by atoms with Crippen molar-refractivity contribution in [3.05, 3.63) is 80.1 Å². The number of halogens is 1. The highest BCUT2D eigenvalue weighted by molar-refractivity contribution is 6.30. The van der Waals surface area contributed by atoms with Gasteiger partial charge in [-0.25, -0.2) is 9.36 Å². The van der Waals surface area contributed by atoms with Gasteiger partial charge in [0.2, 0.25) is 0 Å². The van der Waals surface area contributed by atoms with Gasteiger partial charge < -0.3 is 19.8 Å². The number of aromatic amines is 1. The van der Waals surface area contributed by atoms with E-state index in [-0.39, 0.29) is 11.3 Å². The van der Waals surface area contributed by atoms with Crippen LogP contribution in [0.2, 0.25) is 5.02 Å². The number of nitrogens with zero attached hydrogens (tertiary/aromatic N) is 1. The lowest BCUT2D eigenvalue weighted by atomic mass is 10.2. The highest BCUT2D eigenvalue weighted by Crippen LogP contribution is 2.29. The Morgan fingerprint density at radius 2 is 1.79 bits per heavy atom. The summed E-state index contributed by atoms with van der Waals surface area (Å²) in [4.78, 5) is 39.9. The number of hydrogen-bond donors (Lipinski definition) is 2. The molecule has 3 aromatic rings. The zero-order valence-corrected chi connectivity index (χ0v) is 15.7. The molecule has 0 saturated carbocycles. The zero-order chi connectivity index (χ0) is 20.3. The summed E-state index contributed by atoms with van der Waals surface area (Å²) in [5.41, 5.74) is -1.06. The fourth-order valence-electron chi connectivity index (χ4n) is 2.55. The maximum absolute atomic E-state index is 12.8. The van der Waals surface area contributed by atoms with Crippen molar-refractivity contribution in [1.29, 1.82) is 0 Å². The van der Waals surface area contributed by atoms with Gasteiger partial charge in [-0.15, -0.1) is 0 Å². The Morgan fingerprint density at radius 3 is 2.43 bits per heavy atom. The van der Waals surface area contributed by atoms with Crippen LogP contribution in [0, 0.1) is 0 Å². The van der Waals surface area contributed by atoms with Gasteiger partial charge in [-0.2, -0.15) is 0 Å². The fraction of sp³-hybridized carbons (Fsp3) is 0.105. The first kappa shape index (κ1) is 19.2. The molecule has 144 valence electrons. The number of amides is 1. The second-order valence-corrected chi connectivity index (χ2v) is 6.08. The summed E-state index contributed by atoms with van der Waals surface area (Å²) in [5.74, 6) is 0.201. The number of H-pyrrole nitrogens is 1. The molecule has 3 rings (SSSR count). The van der Waals surface area contributed by atoms with E-state index in [0.717, 1.165) is 10.8 Å². The number of benzene rings is 2. The van der Waals surface area contributed by atoms with Gasteiger partial charge in [-0.3, -0.25) is 9.59 Å². The van der Waals surface area contributed by atoms with E-state index < -0.39 is 17.2 Å². The van der Waals surface area contributed by atoms with Crippen LogP contribution in [0.3, 0.4) is 0 Å². The molecule has 0 unspecified atom stereocenters. The summed E-state index contributed by atoms with van der Waals surface area (Å²) in [6.07, 6.45) is 1.07. The molecule has 0 fully saturated rings. The zero-order valence-electron chi connectivity index (χ0n) is 15.0. The van der Waals surface area contributed by atoms with Crippen LogP contribution in [-0.4, -0.2) is 29.7 Å². The van der Waals surface area contributed by atoms with E-state index in [2.05, 4.69) is 10.3 Å². The standard InChI is InChI=1S/C19H16ClN3O5/c1-27-13-7-8-15(16(9-13)28-2)22-17(24)14-10-21-19(26)23(18(14)25)12-5-3-11(20)4-6-12/h3-10H,1-2H3,(H,21,26)(H,22,24). The number of carbonyl (C=O) groups is 1. The van der Waals surface area contributed by atoms with Gasteiger partial charge in [-0.1, -0.05) is 11.6 Å². The number of rotatable bonds is 5. The number of carbonyl (C=O) groups excluding carboxylic acids is 1. The summed E-state index contributed by atoms with van der Waals surface area (Å²) < 4.78 is 11.2. The number of ether oxygens (including phenoxy) is 2. The fourth-order valence-corrected chi connectivity index (χ4v) is 2.68. The van der Waals surface area contributed by atoms with E-state index in [0.29, 0.717) is 22.2 Å². The Morgan fingerprint density at radius 1 is 1.07 bits per heavy atom. The molecule has 2 N–H and O–H groups in total. The SMILES string of the molecule is COc1ccc(NC(=O)c2c[nH]c(=O)n(-c3ccc(Cl)cc3)c2=O)c(OC)c1. The molecule has 8 nitrogen and oxygen atoms in total. The molecule has 2 aromatic carbocycles. The smallest absolute Gasteiger partial charge is 0.333 e. The van der Waals surface area contributed by atoms with E-state index in [1.54, 1.807) is 18.2 Å². The number of methoxy groups -OCH3 is 2. The van der Waals surface area contributed by atoms with Crippen molar-refractivity contribution < 1.29 is 14.3 Å². The van der Waals surface area contributed by atoms with Gasteiger partial charge in [0.1, 0.15) is 17.1 Å². The third kappa shape index (κ3) is 3.77. The average Bonchev–Trinajstić information content (AvgIpc) is 2.69.